The summed E-state index contributed by atoms with van der Waals surface area (Å²) in [5.41, 5.74) is 0.239. The van der Waals surface area contributed by atoms with E-state index in [1.165, 1.54) is 32.2 Å². The van der Waals surface area contributed by atoms with Crippen LogP contribution in [-0.2, 0) is 19.3 Å². The van der Waals surface area contributed by atoms with Gasteiger partial charge in [0, 0.05) is 7.11 Å². The van der Waals surface area contributed by atoms with Gasteiger partial charge in [0.25, 0.3) is 0 Å². The number of aromatic carboxylic acids is 1. The molecule has 0 fully saturated rings. The lowest BCUT2D eigenvalue weighted by Crippen LogP contribution is -2.16. The van der Waals surface area contributed by atoms with Gasteiger partial charge in [-0.3, -0.25) is 0 Å². The quantitative estimate of drug-likeness (QED) is 0.724. The first kappa shape index (κ1) is 16.6. The maximum Gasteiger partial charge on any atom is 0.335 e. The van der Waals surface area contributed by atoms with Crippen LogP contribution in [0.3, 0.4) is 0 Å². The lowest BCUT2D eigenvalue weighted by Gasteiger charge is -2.10. The molecule has 0 aliphatic rings. The highest BCUT2D eigenvalue weighted by molar-refractivity contribution is 7.91. The first-order chi connectivity index (χ1) is 9.40. The zero-order valence-corrected chi connectivity index (χ0v) is 12.3. The van der Waals surface area contributed by atoms with E-state index < -0.39 is 15.8 Å². The predicted octanol–water partition coefficient (Wildman–Crippen LogP) is 1.13. The van der Waals surface area contributed by atoms with Gasteiger partial charge in [0.2, 0.25) is 0 Å². The summed E-state index contributed by atoms with van der Waals surface area (Å²) in [4.78, 5) is 11.0. The SMILES string of the molecule is COCCOCCS(=O)(=O)c1cccc(C(=O)O)c1C. The van der Waals surface area contributed by atoms with Crippen molar-refractivity contribution in [2.45, 2.75) is 11.8 Å². The Hall–Kier alpha value is -1.44. The number of rotatable bonds is 8. The van der Waals surface area contributed by atoms with Gasteiger partial charge in [0.05, 0.1) is 36.0 Å². The fraction of sp³-hybridized carbons (Fsp3) is 0.462. The van der Waals surface area contributed by atoms with Gasteiger partial charge in [0.1, 0.15) is 0 Å². The Morgan fingerprint density at radius 2 is 1.95 bits per heavy atom. The smallest absolute Gasteiger partial charge is 0.335 e. The molecule has 0 unspecified atom stereocenters. The largest absolute Gasteiger partial charge is 0.478 e. The maximum atomic E-state index is 12.2. The molecule has 0 heterocycles. The number of hydrogen-bond acceptors (Lipinski definition) is 5. The van der Waals surface area contributed by atoms with E-state index >= 15 is 0 Å². The number of methoxy groups -OCH3 is 1. The summed E-state index contributed by atoms with van der Waals surface area (Å²) in [6.45, 7) is 2.25. The van der Waals surface area contributed by atoms with Crippen molar-refractivity contribution in [3.63, 3.8) is 0 Å². The molecule has 0 saturated carbocycles. The molecule has 0 spiro atoms. The highest BCUT2D eigenvalue weighted by atomic mass is 32.2. The van der Waals surface area contributed by atoms with Gasteiger partial charge in [-0.2, -0.15) is 0 Å². The number of carboxylic acid groups (broad SMARTS) is 1. The molecule has 0 saturated heterocycles. The summed E-state index contributed by atoms with van der Waals surface area (Å²) in [7, 11) is -2.03. The summed E-state index contributed by atoms with van der Waals surface area (Å²) < 4.78 is 34.2. The number of carboxylic acids is 1. The highest BCUT2D eigenvalue weighted by Crippen LogP contribution is 2.20. The van der Waals surface area contributed by atoms with Crippen molar-refractivity contribution in [1.82, 2.24) is 0 Å². The molecule has 0 bridgehead atoms. The normalized spacial score (nSPS) is 11.5. The average molecular weight is 302 g/mol. The molecule has 0 atom stereocenters. The van der Waals surface area contributed by atoms with Crippen LogP contribution in [0, 0.1) is 6.92 Å². The van der Waals surface area contributed by atoms with Gasteiger partial charge in [-0.05, 0) is 24.6 Å². The Kier molecular flexibility index (Phi) is 6.12. The third-order valence-electron chi connectivity index (χ3n) is 2.78. The Morgan fingerprint density at radius 3 is 2.55 bits per heavy atom. The van der Waals surface area contributed by atoms with Gasteiger partial charge in [0.15, 0.2) is 9.84 Å². The molecule has 1 aromatic carbocycles. The molecule has 1 rings (SSSR count). The summed E-state index contributed by atoms with van der Waals surface area (Å²) in [6, 6.07) is 4.22. The van der Waals surface area contributed by atoms with Crippen molar-refractivity contribution in [2.24, 2.45) is 0 Å². The molecule has 1 aromatic rings. The Bertz CT molecular complexity index is 564. The third kappa shape index (κ3) is 4.29. The number of benzene rings is 1. The Morgan fingerprint density at radius 1 is 1.25 bits per heavy atom. The molecule has 0 aliphatic heterocycles. The fourth-order valence-electron chi connectivity index (χ4n) is 1.71. The molecule has 1 N–H and O–H groups in total. The van der Waals surface area contributed by atoms with Gasteiger partial charge in [-0.25, -0.2) is 13.2 Å². The van der Waals surface area contributed by atoms with Crippen molar-refractivity contribution < 1.29 is 27.8 Å². The summed E-state index contributed by atoms with van der Waals surface area (Å²) in [6.07, 6.45) is 0. The second-order valence-electron chi connectivity index (χ2n) is 4.16. The minimum absolute atomic E-state index is 0.00798. The standard InChI is InChI=1S/C13H18O6S/c1-10-11(13(14)15)4-3-5-12(10)20(16,17)9-8-19-7-6-18-2/h3-5H,6-9H2,1-2H3,(H,14,15). The van der Waals surface area contributed by atoms with Gasteiger partial charge in [-0.15, -0.1) is 0 Å². The number of ether oxygens (including phenoxy) is 2. The van der Waals surface area contributed by atoms with E-state index in [0.717, 1.165) is 0 Å². The number of carbonyl (C=O) groups is 1. The molecule has 112 valence electrons. The third-order valence-corrected chi connectivity index (χ3v) is 4.59. The molecule has 0 aliphatic carbocycles. The van der Waals surface area contributed by atoms with Crippen LogP contribution in [0.1, 0.15) is 15.9 Å². The van der Waals surface area contributed by atoms with Crippen LogP contribution in [0.15, 0.2) is 23.1 Å². The molecule has 0 aromatic heterocycles. The lowest BCUT2D eigenvalue weighted by molar-refractivity contribution is 0.0696. The van der Waals surface area contributed by atoms with E-state index in [-0.39, 0.29) is 28.4 Å². The van der Waals surface area contributed by atoms with E-state index in [2.05, 4.69) is 0 Å². The van der Waals surface area contributed by atoms with E-state index in [1.54, 1.807) is 0 Å². The molecule has 6 nitrogen and oxygen atoms in total. The minimum Gasteiger partial charge on any atom is -0.478 e. The lowest BCUT2D eigenvalue weighted by atomic mass is 10.1. The minimum atomic E-state index is -3.56. The number of sulfone groups is 1. The van der Waals surface area contributed by atoms with Crippen molar-refractivity contribution in [3.8, 4) is 0 Å². The van der Waals surface area contributed by atoms with Crippen LogP contribution in [0.2, 0.25) is 0 Å². The van der Waals surface area contributed by atoms with E-state index in [1.807, 2.05) is 0 Å². The van der Waals surface area contributed by atoms with Crippen LogP contribution in [-0.4, -0.2) is 52.2 Å². The molecule has 20 heavy (non-hydrogen) atoms. The zero-order chi connectivity index (χ0) is 15.2. The van der Waals surface area contributed by atoms with E-state index in [9.17, 15) is 13.2 Å². The van der Waals surface area contributed by atoms with Crippen molar-refractivity contribution in [1.29, 1.82) is 0 Å². The van der Waals surface area contributed by atoms with Crippen LogP contribution in [0.25, 0.3) is 0 Å². The summed E-state index contributed by atoms with van der Waals surface area (Å²) >= 11 is 0. The summed E-state index contributed by atoms with van der Waals surface area (Å²) in [5, 5.41) is 9.00. The fourth-order valence-corrected chi connectivity index (χ4v) is 3.13. The van der Waals surface area contributed by atoms with Crippen molar-refractivity contribution >= 4 is 15.8 Å². The van der Waals surface area contributed by atoms with Crippen LogP contribution in [0.4, 0.5) is 0 Å². The van der Waals surface area contributed by atoms with Gasteiger partial charge in [-0.1, -0.05) is 6.07 Å². The molecular formula is C13H18O6S. The molecule has 0 radical (unpaired) electrons. The second kappa shape index (κ2) is 7.37. The zero-order valence-electron chi connectivity index (χ0n) is 11.5. The predicted molar refractivity (Wildman–Crippen MR) is 72.9 cm³/mol. The van der Waals surface area contributed by atoms with E-state index in [0.29, 0.717) is 13.2 Å². The van der Waals surface area contributed by atoms with Crippen molar-refractivity contribution in [2.75, 3.05) is 32.7 Å². The maximum absolute atomic E-state index is 12.2. The number of hydrogen-bond donors (Lipinski definition) is 1. The first-order valence-corrected chi connectivity index (χ1v) is 7.67. The van der Waals surface area contributed by atoms with Gasteiger partial charge >= 0.3 is 5.97 Å². The van der Waals surface area contributed by atoms with E-state index in [4.69, 9.17) is 14.6 Å². The van der Waals surface area contributed by atoms with Crippen LogP contribution in [0.5, 0.6) is 0 Å². The van der Waals surface area contributed by atoms with Crippen LogP contribution < -0.4 is 0 Å². The molecule has 0 amide bonds. The second-order valence-corrected chi connectivity index (χ2v) is 6.24. The average Bonchev–Trinajstić information content (AvgIpc) is 2.38. The van der Waals surface area contributed by atoms with Crippen molar-refractivity contribution in [3.05, 3.63) is 29.3 Å². The topological polar surface area (TPSA) is 89.9 Å². The summed E-state index contributed by atoms with van der Waals surface area (Å²) in [5.74, 6) is -1.34. The van der Waals surface area contributed by atoms with Gasteiger partial charge < -0.3 is 14.6 Å². The molecule has 7 heteroatoms. The highest BCUT2D eigenvalue weighted by Gasteiger charge is 2.20. The molecular weight excluding hydrogens is 284 g/mol. The Labute approximate surface area is 118 Å². The first-order valence-electron chi connectivity index (χ1n) is 6.02. The Balaban J connectivity index is 2.83. The monoisotopic (exact) mass is 302 g/mol. The van der Waals surface area contributed by atoms with Crippen LogP contribution >= 0.6 is 0 Å².